The molecular formula is C17H19FN2S. The molecule has 0 fully saturated rings. The minimum atomic E-state index is -0.219. The van der Waals surface area contributed by atoms with Gasteiger partial charge in [-0.05, 0) is 66.5 Å². The van der Waals surface area contributed by atoms with Crippen LogP contribution in [-0.2, 0) is 0 Å². The van der Waals surface area contributed by atoms with Gasteiger partial charge in [0, 0.05) is 11.4 Å². The van der Waals surface area contributed by atoms with Crippen LogP contribution in [0.15, 0.2) is 42.5 Å². The van der Waals surface area contributed by atoms with Crippen molar-refractivity contribution in [1.29, 1.82) is 0 Å². The lowest BCUT2D eigenvalue weighted by Crippen LogP contribution is -2.19. The van der Waals surface area contributed by atoms with Gasteiger partial charge in [0.15, 0.2) is 5.11 Å². The molecule has 2 aromatic rings. The van der Waals surface area contributed by atoms with Gasteiger partial charge in [0.2, 0.25) is 0 Å². The Morgan fingerprint density at radius 1 is 1.00 bits per heavy atom. The van der Waals surface area contributed by atoms with Crippen molar-refractivity contribution >= 4 is 28.7 Å². The topological polar surface area (TPSA) is 24.1 Å². The van der Waals surface area contributed by atoms with E-state index in [1.807, 2.05) is 12.1 Å². The molecule has 110 valence electrons. The second-order valence-corrected chi connectivity index (χ2v) is 5.73. The Morgan fingerprint density at radius 2 is 1.57 bits per heavy atom. The number of benzene rings is 2. The molecule has 0 spiro atoms. The van der Waals surface area contributed by atoms with Crippen LogP contribution >= 0.6 is 12.2 Å². The molecule has 0 unspecified atom stereocenters. The number of anilines is 2. The van der Waals surface area contributed by atoms with E-state index in [9.17, 15) is 4.39 Å². The summed E-state index contributed by atoms with van der Waals surface area (Å²) in [5.74, 6) is 0.287. The molecule has 0 atom stereocenters. The van der Waals surface area contributed by atoms with Crippen LogP contribution in [0.4, 0.5) is 15.8 Å². The van der Waals surface area contributed by atoms with Crippen molar-refractivity contribution < 1.29 is 4.39 Å². The van der Waals surface area contributed by atoms with Gasteiger partial charge in [0.25, 0.3) is 0 Å². The lowest BCUT2D eigenvalue weighted by atomic mass is 10.0. The molecule has 0 aliphatic rings. The fraction of sp³-hybridized carbons (Fsp3) is 0.235. The van der Waals surface area contributed by atoms with Gasteiger partial charge in [-0.1, -0.05) is 26.0 Å². The summed E-state index contributed by atoms with van der Waals surface area (Å²) in [7, 11) is 0. The Kier molecular flexibility index (Phi) is 4.91. The normalized spacial score (nSPS) is 10.5. The van der Waals surface area contributed by atoms with E-state index in [0.717, 1.165) is 11.4 Å². The first kappa shape index (κ1) is 15.4. The molecule has 0 aliphatic carbocycles. The van der Waals surface area contributed by atoms with Gasteiger partial charge in [-0.15, -0.1) is 0 Å². The minimum absolute atomic E-state index is 0.219. The van der Waals surface area contributed by atoms with Crippen LogP contribution in [-0.4, -0.2) is 5.11 Å². The first-order valence-electron chi connectivity index (χ1n) is 6.90. The number of aryl methyl sites for hydroxylation is 1. The molecule has 0 amide bonds. The summed E-state index contributed by atoms with van der Waals surface area (Å²) < 4.78 is 13.2. The van der Waals surface area contributed by atoms with E-state index in [2.05, 4.69) is 36.6 Å². The van der Waals surface area contributed by atoms with Crippen LogP contribution < -0.4 is 10.6 Å². The number of hydrogen-bond donors (Lipinski definition) is 2. The summed E-state index contributed by atoms with van der Waals surface area (Å²) >= 11 is 5.26. The lowest BCUT2D eigenvalue weighted by Gasteiger charge is -2.12. The maximum Gasteiger partial charge on any atom is 0.175 e. The zero-order valence-electron chi connectivity index (χ0n) is 12.4. The van der Waals surface area contributed by atoms with Crippen LogP contribution in [0, 0.1) is 12.7 Å². The Balaban J connectivity index is 1.99. The van der Waals surface area contributed by atoms with Crippen molar-refractivity contribution in [2.45, 2.75) is 26.7 Å². The van der Waals surface area contributed by atoms with Gasteiger partial charge < -0.3 is 10.6 Å². The second kappa shape index (κ2) is 6.68. The summed E-state index contributed by atoms with van der Waals surface area (Å²) in [5, 5.41) is 6.65. The van der Waals surface area contributed by atoms with Crippen LogP contribution in [0.5, 0.6) is 0 Å². The summed E-state index contributed by atoms with van der Waals surface area (Å²) in [4.78, 5) is 0. The van der Waals surface area contributed by atoms with Crippen LogP contribution in [0.25, 0.3) is 0 Å². The first-order valence-corrected chi connectivity index (χ1v) is 7.30. The Hall–Kier alpha value is -1.94. The molecule has 0 aliphatic heterocycles. The number of hydrogen-bond acceptors (Lipinski definition) is 1. The molecule has 0 saturated heterocycles. The van der Waals surface area contributed by atoms with Gasteiger partial charge in [-0.3, -0.25) is 0 Å². The maximum absolute atomic E-state index is 13.2. The van der Waals surface area contributed by atoms with E-state index in [1.54, 1.807) is 19.1 Å². The van der Waals surface area contributed by atoms with Crippen molar-refractivity contribution in [2.24, 2.45) is 0 Å². The Bertz CT molecular complexity index is 636. The maximum atomic E-state index is 13.2. The zero-order valence-corrected chi connectivity index (χ0v) is 13.2. The highest BCUT2D eigenvalue weighted by Crippen LogP contribution is 2.18. The Labute approximate surface area is 130 Å². The van der Waals surface area contributed by atoms with Crippen molar-refractivity contribution in [3.8, 4) is 0 Å². The summed E-state index contributed by atoms with van der Waals surface area (Å²) in [5.41, 5.74) is 3.57. The third kappa shape index (κ3) is 4.26. The summed E-state index contributed by atoms with van der Waals surface area (Å²) in [6.45, 7) is 6.04. The molecule has 0 radical (unpaired) electrons. The number of thiocarbonyl (C=S) groups is 1. The van der Waals surface area contributed by atoms with Crippen molar-refractivity contribution in [3.63, 3.8) is 0 Å². The van der Waals surface area contributed by atoms with E-state index in [0.29, 0.717) is 16.6 Å². The molecule has 2 aromatic carbocycles. The smallest absolute Gasteiger partial charge is 0.175 e. The predicted octanol–water partition coefficient (Wildman–Crippen LogP) is 5.07. The van der Waals surface area contributed by atoms with E-state index in [1.165, 1.54) is 11.6 Å². The summed E-state index contributed by atoms with van der Waals surface area (Å²) in [6, 6.07) is 13.0. The van der Waals surface area contributed by atoms with Crippen molar-refractivity contribution in [3.05, 3.63) is 59.4 Å². The number of halogens is 1. The van der Waals surface area contributed by atoms with E-state index < -0.39 is 0 Å². The van der Waals surface area contributed by atoms with Gasteiger partial charge >= 0.3 is 0 Å². The SMILES string of the molecule is Cc1cc(NC(=S)Nc2ccc(C(C)C)cc2)ccc1F. The van der Waals surface area contributed by atoms with Crippen LogP contribution in [0.2, 0.25) is 0 Å². The average Bonchev–Trinajstić information content (AvgIpc) is 2.43. The average molecular weight is 302 g/mol. The standard InChI is InChI=1S/C17H19FN2S/c1-11(2)13-4-6-14(7-5-13)19-17(21)20-15-8-9-16(18)12(3)10-15/h4-11H,1-3H3,(H2,19,20,21). The lowest BCUT2D eigenvalue weighted by molar-refractivity contribution is 0.619. The van der Waals surface area contributed by atoms with E-state index >= 15 is 0 Å². The minimum Gasteiger partial charge on any atom is -0.332 e. The molecule has 2 N–H and O–H groups in total. The number of nitrogens with one attached hydrogen (secondary N) is 2. The van der Waals surface area contributed by atoms with Crippen molar-refractivity contribution in [2.75, 3.05) is 10.6 Å². The quantitative estimate of drug-likeness (QED) is 0.774. The third-order valence-corrected chi connectivity index (χ3v) is 3.46. The van der Waals surface area contributed by atoms with E-state index in [-0.39, 0.29) is 5.82 Å². The van der Waals surface area contributed by atoms with Gasteiger partial charge in [-0.2, -0.15) is 0 Å². The number of rotatable bonds is 3. The van der Waals surface area contributed by atoms with Gasteiger partial charge in [-0.25, -0.2) is 4.39 Å². The molecule has 2 rings (SSSR count). The Morgan fingerprint density at radius 3 is 2.14 bits per heavy atom. The van der Waals surface area contributed by atoms with Crippen LogP contribution in [0.1, 0.15) is 30.9 Å². The van der Waals surface area contributed by atoms with E-state index in [4.69, 9.17) is 12.2 Å². The molecule has 0 saturated carbocycles. The molecule has 0 aromatic heterocycles. The van der Waals surface area contributed by atoms with Gasteiger partial charge in [0.1, 0.15) is 5.82 Å². The van der Waals surface area contributed by atoms with Crippen LogP contribution in [0.3, 0.4) is 0 Å². The molecular weight excluding hydrogens is 283 g/mol. The fourth-order valence-electron chi connectivity index (χ4n) is 1.97. The predicted molar refractivity (Wildman–Crippen MR) is 91.5 cm³/mol. The van der Waals surface area contributed by atoms with Gasteiger partial charge in [0.05, 0.1) is 0 Å². The molecule has 0 heterocycles. The highest BCUT2D eigenvalue weighted by Gasteiger charge is 2.03. The molecule has 4 heteroatoms. The fourth-order valence-corrected chi connectivity index (χ4v) is 2.20. The molecule has 0 bridgehead atoms. The highest BCUT2D eigenvalue weighted by molar-refractivity contribution is 7.80. The second-order valence-electron chi connectivity index (χ2n) is 5.32. The first-order chi connectivity index (χ1) is 9.95. The zero-order chi connectivity index (χ0) is 15.4. The monoisotopic (exact) mass is 302 g/mol. The molecule has 2 nitrogen and oxygen atoms in total. The van der Waals surface area contributed by atoms with Crippen molar-refractivity contribution in [1.82, 2.24) is 0 Å². The highest BCUT2D eigenvalue weighted by atomic mass is 32.1. The third-order valence-electron chi connectivity index (χ3n) is 3.25. The molecule has 21 heavy (non-hydrogen) atoms. The largest absolute Gasteiger partial charge is 0.332 e. The summed E-state index contributed by atoms with van der Waals surface area (Å²) in [6.07, 6.45) is 0.